The fourth-order valence-corrected chi connectivity index (χ4v) is 2.60. The third kappa shape index (κ3) is 4.12. The fraction of sp³-hybridized carbons (Fsp3) is 0.444. The van der Waals surface area contributed by atoms with Crippen molar-refractivity contribution < 1.29 is 0 Å². The molecule has 0 atom stereocenters. The van der Waals surface area contributed by atoms with Crippen LogP contribution in [0.15, 0.2) is 30.3 Å². The Morgan fingerprint density at radius 1 is 1.09 bits per heavy atom. The van der Waals surface area contributed by atoms with E-state index in [9.17, 15) is 0 Å². The number of nitrogens with zero attached hydrogens (tertiary/aromatic N) is 3. The van der Waals surface area contributed by atoms with E-state index < -0.39 is 0 Å². The third-order valence-electron chi connectivity index (χ3n) is 4.03. The van der Waals surface area contributed by atoms with E-state index in [1.165, 1.54) is 18.5 Å². The average molecular weight is 311 g/mol. The van der Waals surface area contributed by atoms with Crippen LogP contribution in [0.4, 0.5) is 23.1 Å². The second kappa shape index (κ2) is 6.86. The van der Waals surface area contributed by atoms with Gasteiger partial charge in [0.05, 0.1) is 0 Å². The SMILES string of the molecule is CCN(CC)c1ccc(Nc2cc(C)nc(NC3CC3)n2)cc1. The number of benzene rings is 1. The standard InChI is InChI=1S/C18H25N5/c1-4-23(5-2)16-10-8-14(9-11-16)20-17-12-13(3)19-18(22-17)21-15-6-7-15/h8-12,15H,4-7H2,1-3H3,(H2,19,20,21,22). The number of rotatable bonds is 7. The van der Waals surface area contributed by atoms with Gasteiger partial charge in [-0.1, -0.05) is 0 Å². The van der Waals surface area contributed by atoms with Crippen LogP contribution in [-0.4, -0.2) is 29.1 Å². The van der Waals surface area contributed by atoms with Crippen molar-refractivity contribution in [2.45, 2.75) is 39.7 Å². The van der Waals surface area contributed by atoms with Gasteiger partial charge in [0.25, 0.3) is 0 Å². The van der Waals surface area contributed by atoms with Crippen LogP contribution in [0.1, 0.15) is 32.4 Å². The molecule has 1 heterocycles. The van der Waals surface area contributed by atoms with Crippen LogP contribution >= 0.6 is 0 Å². The average Bonchev–Trinajstić information content (AvgIpc) is 3.33. The molecule has 0 radical (unpaired) electrons. The largest absolute Gasteiger partial charge is 0.372 e. The number of aromatic nitrogens is 2. The molecule has 1 aromatic carbocycles. The number of hydrogen-bond donors (Lipinski definition) is 2. The van der Waals surface area contributed by atoms with Crippen molar-refractivity contribution in [2.24, 2.45) is 0 Å². The van der Waals surface area contributed by atoms with Gasteiger partial charge in [-0.05, 0) is 57.9 Å². The molecule has 5 nitrogen and oxygen atoms in total. The lowest BCUT2D eigenvalue weighted by molar-refractivity contribution is 0.866. The molecule has 0 unspecified atom stereocenters. The smallest absolute Gasteiger partial charge is 0.225 e. The summed E-state index contributed by atoms with van der Waals surface area (Å²) in [4.78, 5) is 11.3. The Kier molecular flexibility index (Phi) is 4.65. The molecule has 1 aromatic heterocycles. The number of hydrogen-bond acceptors (Lipinski definition) is 5. The van der Waals surface area contributed by atoms with E-state index in [2.05, 4.69) is 63.6 Å². The van der Waals surface area contributed by atoms with Crippen LogP contribution in [0.25, 0.3) is 0 Å². The normalized spacial score (nSPS) is 13.7. The van der Waals surface area contributed by atoms with Crippen LogP contribution in [0.5, 0.6) is 0 Å². The molecule has 122 valence electrons. The minimum Gasteiger partial charge on any atom is -0.372 e. The molecule has 2 aromatic rings. The van der Waals surface area contributed by atoms with E-state index in [4.69, 9.17) is 0 Å². The van der Waals surface area contributed by atoms with E-state index >= 15 is 0 Å². The molecule has 1 aliphatic carbocycles. The van der Waals surface area contributed by atoms with Gasteiger partial charge in [-0.2, -0.15) is 4.98 Å². The Labute approximate surface area is 138 Å². The maximum absolute atomic E-state index is 4.56. The van der Waals surface area contributed by atoms with Gasteiger partial charge in [0.1, 0.15) is 5.82 Å². The fourth-order valence-electron chi connectivity index (χ4n) is 2.60. The van der Waals surface area contributed by atoms with Crippen LogP contribution in [0.2, 0.25) is 0 Å². The van der Waals surface area contributed by atoms with Gasteiger partial charge >= 0.3 is 0 Å². The molecule has 0 amide bonds. The highest BCUT2D eigenvalue weighted by atomic mass is 15.2. The first kappa shape index (κ1) is 15.6. The molecular weight excluding hydrogens is 286 g/mol. The van der Waals surface area contributed by atoms with E-state index in [1.54, 1.807) is 0 Å². The van der Waals surface area contributed by atoms with Gasteiger partial charge in [0.15, 0.2) is 0 Å². The lowest BCUT2D eigenvalue weighted by Crippen LogP contribution is -2.21. The maximum atomic E-state index is 4.56. The molecule has 1 aliphatic rings. The van der Waals surface area contributed by atoms with Gasteiger partial charge in [0, 0.05) is 42.3 Å². The lowest BCUT2D eigenvalue weighted by Gasteiger charge is -2.21. The second-order valence-electron chi connectivity index (χ2n) is 5.98. The molecular formula is C18H25N5. The molecule has 5 heteroatoms. The Morgan fingerprint density at radius 3 is 2.39 bits per heavy atom. The minimum absolute atomic E-state index is 0.554. The van der Waals surface area contributed by atoms with Crippen molar-refractivity contribution in [3.63, 3.8) is 0 Å². The molecule has 0 aliphatic heterocycles. The molecule has 1 fully saturated rings. The van der Waals surface area contributed by atoms with Crippen LogP contribution in [-0.2, 0) is 0 Å². The first-order chi connectivity index (χ1) is 11.2. The van der Waals surface area contributed by atoms with Gasteiger partial charge in [-0.3, -0.25) is 0 Å². The van der Waals surface area contributed by atoms with E-state index in [0.29, 0.717) is 6.04 Å². The highest BCUT2D eigenvalue weighted by Crippen LogP contribution is 2.25. The van der Waals surface area contributed by atoms with E-state index in [1.807, 2.05) is 13.0 Å². The predicted octanol–water partition coefficient (Wildman–Crippen LogP) is 3.95. The summed E-state index contributed by atoms with van der Waals surface area (Å²) >= 11 is 0. The molecule has 0 saturated heterocycles. The summed E-state index contributed by atoms with van der Waals surface area (Å²) in [5.74, 6) is 1.55. The lowest BCUT2D eigenvalue weighted by atomic mass is 10.2. The summed E-state index contributed by atoms with van der Waals surface area (Å²) in [5, 5.41) is 6.72. The molecule has 1 saturated carbocycles. The first-order valence-corrected chi connectivity index (χ1v) is 8.42. The summed E-state index contributed by atoms with van der Waals surface area (Å²) in [5.41, 5.74) is 3.25. The van der Waals surface area contributed by atoms with Crippen molar-refractivity contribution in [1.29, 1.82) is 0 Å². The van der Waals surface area contributed by atoms with E-state index in [-0.39, 0.29) is 0 Å². The van der Waals surface area contributed by atoms with Crippen molar-refractivity contribution in [2.75, 3.05) is 28.6 Å². The first-order valence-electron chi connectivity index (χ1n) is 8.42. The minimum atomic E-state index is 0.554. The Balaban J connectivity index is 1.72. The van der Waals surface area contributed by atoms with Crippen molar-refractivity contribution in [3.8, 4) is 0 Å². The summed E-state index contributed by atoms with van der Waals surface area (Å²) in [6, 6.07) is 11.0. The molecule has 2 N–H and O–H groups in total. The predicted molar refractivity (Wildman–Crippen MR) is 96.7 cm³/mol. The molecule has 0 bridgehead atoms. The van der Waals surface area contributed by atoms with Gasteiger partial charge < -0.3 is 15.5 Å². The van der Waals surface area contributed by atoms with Crippen molar-refractivity contribution in [1.82, 2.24) is 9.97 Å². The quantitative estimate of drug-likeness (QED) is 0.811. The zero-order chi connectivity index (χ0) is 16.2. The van der Waals surface area contributed by atoms with Gasteiger partial charge in [-0.25, -0.2) is 4.98 Å². The summed E-state index contributed by atoms with van der Waals surface area (Å²) in [6.45, 7) is 8.38. The second-order valence-corrected chi connectivity index (χ2v) is 5.98. The van der Waals surface area contributed by atoms with Crippen LogP contribution in [0, 0.1) is 6.92 Å². The topological polar surface area (TPSA) is 53.1 Å². The Bertz CT molecular complexity index is 645. The van der Waals surface area contributed by atoms with Crippen molar-refractivity contribution in [3.05, 3.63) is 36.0 Å². The number of aryl methyl sites for hydroxylation is 1. The Morgan fingerprint density at radius 2 is 1.78 bits per heavy atom. The summed E-state index contributed by atoms with van der Waals surface area (Å²) in [7, 11) is 0. The van der Waals surface area contributed by atoms with E-state index in [0.717, 1.165) is 36.2 Å². The highest BCUT2D eigenvalue weighted by Gasteiger charge is 2.22. The number of anilines is 4. The molecule has 0 spiro atoms. The zero-order valence-corrected chi connectivity index (χ0v) is 14.1. The van der Waals surface area contributed by atoms with Gasteiger partial charge in [0.2, 0.25) is 5.95 Å². The molecule has 3 rings (SSSR count). The summed E-state index contributed by atoms with van der Waals surface area (Å²) in [6.07, 6.45) is 2.43. The van der Waals surface area contributed by atoms with Gasteiger partial charge in [-0.15, -0.1) is 0 Å². The van der Waals surface area contributed by atoms with Crippen LogP contribution in [0.3, 0.4) is 0 Å². The number of nitrogens with one attached hydrogen (secondary N) is 2. The Hall–Kier alpha value is -2.30. The van der Waals surface area contributed by atoms with Crippen molar-refractivity contribution >= 4 is 23.1 Å². The van der Waals surface area contributed by atoms with Crippen LogP contribution < -0.4 is 15.5 Å². The summed E-state index contributed by atoms with van der Waals surface area (Å²) < 4.78 is 0. The maximum Gasteiger partial charge on any atom is 0.225 e. The highest BCUT2D eigenvalue weighted by molar-refractivity contribution is 5.61. The monoisotopic (exact) mass is 311 g/mol. The molecule has 23 heavy (non-hydrogen) atoms. The zero-order valence-electron chi connectivity index (χ0n) is 14.1. The third-order valence-corrected chi connectivity index (χ3v) is 4.03.